The van der Waals surface area contributed by atoms with Crippen molar-refractivity contribution in [2.45, 2.75) is 32.7 Å². The largest absolute Gasteiger partial charge is 0.368 e. The summed E-state index contributed by atoms with van der Waals surface area (Å²) in [4.78, 5) is 32.1. The highest BCUT2D eigenvalue weighted by molar-refractivity contribution is 5.86. The number of nitrogens with two attached hydrogens (primary N) is 1. The molecule has 0 aliphatic carbocycles. The monoisotopic (exact) mass is 300 g/mol. The average molecular weight is 300 g/mol. The van der Waals surface area contributed by atoms with Crippen LogP contribution in [0.3, 0.4) is 0 Å². The smallest absolute Gasteiger partial charge is 0.240 e. The number of amides is 2. The first-order valence-corrected chi connectivity index (χ1v) is 7.25. The number of para-hydroxylation sites is 2. The summed E-state index contributed by atoms with van der Waals surface area (Å²) in [5.74, 6) is -0.548. The number of nitrogens with zero attached hydrogens (tertiary/aromatic N) is 2. The van der Waals surface area contributed by atoms with Crippen molar-refractivity contribution in [2.75, 3.05) is 0 Å². The Bertz CT molecular complexity index is 685. The maximum absolute atomic E-state index is 11.8. The van der Waals surface area contributed by atoms with Crippen molar-refractivity contribution in [3.8, 4) is 0 Å². The number of fused-ring (bicyclic) bond motifs is 1. The molecule has 0 unspecified atom stereocenters. The zero-order valence-corrected chi connectivity index (χ0v) is 12.7. The van der Waals surface area contributed by atoms with E-state index in [1.54, 1.807) is 6.20 Å². The van der Waals surface area contributed by atoms with E-state index in [1.165, 1.54) is 0 Å². The molecule has 116 valence electrons. The first-order valence-electron chi connectivity index (χ1n) is 7.25. The number of carbonyl (C=O) groups is 2. The second kappa shape index (κ2) is 6.98. The van der Waals surface area contributed by atoms with Gasteiger partial charge in [0, 0.05) is 19.0 Å². The normalized spacial score (nSPS) is 12.3. The molecule has 0 saturated heterocycles. The van der Waals surface area contributed by atoms with Crippen LogP contribution in [0.2, 0.25) is 0 Å². The highest BCUT2D eigenvalue weighted by Crippen LogP contribution is 2.10. The van der Waals surface area contributed by atoms with Crippen LogP contribution in [-0.4, -0.2) is 27.8 Å². The van der Waals surface area contributed by atoms with Gasteiger partial charge in [0.2, 0.25) is 11.8 Å². The number of hydrogen-bond acceptors (Lipinski definition) is 4. The lowest BCUT2D eigenvalue weighted by atomic mass is 10.1. The zero-order valence-electron chi connectivity index (χ0n) is 12.7. The summed E-state index contributed by atoms with van der Waals surface area (Å²) in [5, 5.41) is 2.66. The van der Waals surface area contributed by atoms with E-state index in [-0.39, 0.29) is 18.2 Å². The first kappa shape index (κ1) is 15.9. The number of rotatable bonds is 6. The molecule has 0 bridgehead atoms. The third-order valence-electron chi connectivity index (χ3n) is 3.18. The molecule has 1 heterocycles. The fourth-order valence-electron chi connectivity index (χ4n) is 2.15. The second-order valence-corrected chi connectivity index (χ2v) is 5.67. The zero-order chi connectivity index (χ0) is 16.1. The van der Waals surface area contributed by atoms with Gasteiger partial charge in [-0.3, -0.25) is 14.6 Å². The molecule has 1 aromatic carbocycles. The SMILES string of the molecule is CC(C)CC(=O)N[C@H](Cc1cnc2ccccc2n1)C(N)=O. The molecule has 0 radical (unpaired) electrons. The molecule has 2 aromatic rings. The van der Waals surface area contributed by atoms with Gasteiger partial charge in [-0.25, -0.2) is 4.98 Å². The van der Waals surface area contributed by atoms with Gasteiger partial charge in [-0.05, 0) is 18.1 Å². The standard InChI is InChI=1S/C16H20N4O2/c1-10(2)7-15(21)20-14(16(17)22)8-11-9-18-12-5-3-4-6-13(12)19-11/h3-6,9-10,14H,7-8H2,1-2H3,(H2,17,22)(H,20,21)/t14-/m1/s1. The minimum atomic E-state index is -0.776. The lowest BCUT2D eigenvalue weighted by molar-refractivity contribution is -0.127. The molecule has 3 N–H and O–H groups in total. The molecule has 1 aromatic heterocycles. The van der Waals surface area contributed by atoms with Crippen LogP contribution in [-0.2, 0) is 16.0 Å². The quantitative estimate of drug-likeness (QED) is 0.837. The lowest BCUT2D eigenvalue weighted by Gasteiger charge is -2.16. The van der Waals surface area contributed by atoms with E-state index in [0.29, 0.717) is 12.1 Å². The summed E-state index contributed by atoms with van der Waals surface area (Å²) in [6.45, 7) is 3.88. The molecule has 1 atom stereocenters. The van der Waals surface area contributed by atoms with Crippen LogP contribution in [0, 0.1) is 5.92 Å². The van der Waals surface area contributed by atoms with Gasteiger partial charge >= 0.3 is 0 Å². The van der Waals surface area contributed by atoms with E-state index in [2.05, 4.69) is 15.3 Å². The molecule has 2 amide bonds. The van der Waals surface area contributed by atoms with Crippen molar-refractivity contribution in [3.05, 3.63) is 36.2 Å². The number of primary amides is 1. The van der Waals surface area contributed by atoms with E-state index >= 15 is 0 Å². The summed E-state index contributed by atoms with van der Waals surface area (Å²) < 4.78 is 0. The Morgan fingerprint density at radius 3 is 2.55 bits per heavy atom. The van der Waals surface area contributed by atoms with Crippen molar-refractivity contribution < 1.29 is 9.59 Å². The summed E-state index contributed by atoms with van der Waals surface area (Å²) in [7, 11) is 0. The number of aromatic nitrogens is 2. The fraction of sp³-hybridized carbons (Fsp3) is 0.375. The minimum absolute atomic E-state index is 0.187. The fourth-order valence-corrected chi connectivity index (χ4v) is 2.15. The molecule has 0 fully saturated rings. The van der Waals surface area contributed by atoms with Crippen LogP contribution in [0.5, 0.6) is 0 Å². The lowest BCUT2D eigenvalue weighted by Crippen LogP contribution is -2.46. The van der Waals surface area contributed by atoms with Gasteiger partial charge in [-0.15, -0.1) is 0 Å². The van der Waals surface area contributed by atoms with E-state index in [0.717, 1.165) is 11.0 Å². The Kier molecular flexibility index (Phi) is 5.04. The molecule has 0 saturated carbocycles. The third kappa shape index (κ3) is 4.25. The van der Waals surface area contributed by atoms with E-state index in [1.807, 2.05) is 38.1 Å². The number of carbonyl (C=O) groups excluding carboxylic acids is 2. The Morgan fingerprint density at radius 2 is 1.91 bits per heavy atom. The maximum Gasteiger partial charge on any atom is 0.240 e. The summed E-state index contributed by atoms with van der Waals surface area (Å²) >= 11 is 0. The molecular formula is C16H20N4O2. The first-order chi connectivity index (χ1) is 10.5. The van der Waals surface area contributed by atoms with Gasteiger partial charge in [0.05, 0.1) is 16.7 Å². The molecule has 0 aliphatic rings. The molecule has 22 heavy (non-hydrogen) atoms. The molecule has 0 spiro atoms. The Morgan fingerprint density at radius 1 is 1.23 bits per heavy atom. The van der Waals surface area contributed by atoms with Gasteiger partial charge in [0.1, 0.15) is 6.04 Å². The average Bonchev–Trinajstić information content (AvgIpc) is 2.45. The predicted octanol–water partition coefficient (Wildman–Crippen LogP) is 1.19. The Hall–Kier alpha value is -2.50. The van der Waals surface area contributed by atoms with E-state index in [9.17, 15) is 9.59 Å². The van der Waals surface area contributed by atoms with Crippen LogP contribution < -0.4 is 11.1 Å². The minimum Gasteiger partial charge on any atom is -0.368 e. The number of benzene rings is 1. The van der Waals surface area contributed by atoms with Crippen molar-refractivity contribution >= 4 is 22.8 Å². The molecule has 6 heteroatoms. The second-order valence-electron chi connectivity index (χ2n) is 5.67. The topological polar surface area (TPSA) is 98.0 Å². The van der Waals surface area contributed by atoms with Gasteiger partial charge in [-0.2, -0.15) is 0 Å². The van der Waals surface area contributed by atoms with E-state index < -0.39 is 11.9 Å². The molecular weight excluding hydrogens is 280 g/mol. The van der Waals surface area contributed by atoms with Gasteiger partial charge in [-0.1, -0.05) is 26.0 Å². The van der Waals surface area contributed by atoms with Crippen LogP contribution in [0.1, 0.15) is 26.0 Å². The summed E-state index contributed by atoms with van der Waals surface area (Å²) in [6, 6.07) is 6.69. The molecule has 0 aliphatic heterocycles. The van der Waals surface area contributed by atoms with Crippen molar-refractivity contribution in [1.29, 1.82) is 0 Å². The Balaban J connectivity index is 2.12. The number of nitrogens with one attached hydrogen (secondary N) is 1. The summed E-state index contributed by atoms with van der Waals surface area (Å²) in [6.07, 6.45) is 2.19. The van der Waals surface area contributed by atoms with Crippen LogP contribution >= 0.6 is 0 Å². The van der Waals surface area contributed by atoms with Crippen molar-refractivity contribution in [3.63, 3.8) is 0 Å². The van der Waals surface area contributed by atoms with Crippen molar-refractivity contribution in [1.82, 2.24) is 15.3 Å². The van der Waals surface area contributed by atoms with Gasteiger partial charge < -0.3 is 11.1 Å². The Labute approximate surface area is 129 Å². The molecule has 2 rings (SSSR count). The highest BCUT2D eigenvalue weighted by Gasteiger charge is 2.20. The van der Waals surface area contributed by atoms with Gasteiger partial charge in [0.25, 0.3) is 0 Å². The van der Waals surface area contributed by atoms with E-state index in [4.69, 9.17) is 5.73 Å². The maximum atomic E-state index is 11.8. The number of hydrogen-bond donors (Lipinski definition) is 2. The molecule has 6 nitrogen and oxygen atoms in total. The van der Waals surface area contributed by atoms with Crippen molar-refractivity contribution in [2.24, 2.45) is 11.7 Å². The van der Waals surface area contributed by atoms with Crippen LogP contribution in [0.15, 0.2) is 30.5 Å². The highest BCUT2D eigenvalue weighted by atomic mass is 16.2. The third-order valence-corrected chi connectivity index (χ3v) is 3.18. The van der Waals surface area contributed by atoms with Crippen LogP contribution in [0.25, 0.3) is 11.0 Å². The van der Waals surface area contributed by atoms with Gasteiger partial charge in [0.15, 0.2) is 0 Å². The summed E-state index contributed by atoms with van der Waals surface area (Å²) in [5.41, 5.74) is 7.52. The predicted molar refractivity (Wildman–Crippen MR) is 83.8 cm³/mol. The van der Waals surface area contributed by atoms with Crippen LogP contribution in [0.4, 0.5) is 0 Å².